The first kappa shape index (κ1) is 67.1. The molecule has 1 unspecified atom stereocenters. The van der Waals surface area contributed by atoms with Gasteiger partial charge in [-0.15, -0.1) is 0 Å². The molecule has 70 heavy (non-hydrogen) atoms. The van der Waals surface area contributed by atoms with Gasteiger partial charge in [0.05, 0.1) is 0 Å². The van der Waals surface area contributed by atoms with Gasteiger partial charge in [0.1, 0.15) is 13.2 Å². The van der Waals surface area contributed by atoms with Crippen LogP contribution in [0.15, 0.2) is 60.8 Å². The lowest BCUT2D eigenvalue weighted by atomic mass is 10.1. The number of esters is 3. The normalized spacial score (nSPS) is 12.4. The van der Waals surface area contributed by atoms with E-state index in [0.717, 1.165) is 83.5 Å². The Morgan fingerprint density at radius 3 is 0.929 bits per heavy atom. The van der Waals surface area contributed by atoms with E-state index in [9.17, 15) is 14.4 Å². The molecule has 0 spiro atoms. The summed E-state index contributed by atoms with van der Waals surface area (Å²) in [7, 11) is 0. The minimum absolute atomic E-state index is 0.0871. The summed E-state index contributed by atoms with van der Waals surface area (Å²) in [6.45, 7) is 6.61. The largest absolute Gasteiger partial charge is 0.462 e. The second-order valence-corrected chi connectivity index (χ2v) is 20.3. The molecule has 0 aromatic heterocycles. The van der Waals surface area contributed by atoms with Crippen molar-refractivity contribution in [2.75, 3.05) is 13.2 Å². The van der Waals surface area contributed by atoms with E-state index in [0.29, 0.717) is 19.3 Å². The molecule has 0 aromatic rings. The van der Waals surface area contributed by atoms with Gasteiger partial charge in [-0.3, -0.25) is 14.4 Å². The Morgan fingerprint density at radius 1 is 0.300 bits per heavy atom. The maximum Gasteiger partial charge on any atom is 0.306 e. The van der Waals surface area contributed by atoms with Gasteiger partial charge in [-0.2, -0.15) is 0 Å². The van der Waals surface area contributed by atoms with Gasteiger partial charge < -0.3 is 14.2 Å². The molecule has 0 rings (SSSR count). The second-order valence-electron chi connectivity index (χ2n) is 20.3. The zero-order valence-corrected chi connectivity index (χ0v) is 46.5. The molecular weight excluding hydrogens is 865 g/mol. The molecule has 406 valence electrons. The highest BCUT2D eigenvalue weighted by atomic mass is 16.6. The van der Waals surface area contributed by atoms with Crippen molar-refractivity contribution in [1.82, 2.24) is 0 Å². The average Bonchev–Trinajstić information content (AvgIpc) is 3.36. The molecule has 0 bridgehead atoms. The van der Waals surface area contributed by atoms with Crippen molar-refractivity contribution >= 4 is 17.9 Å². The minimum atomic E-state index is -0.791. The molecule has 6 heteroatoms. The molecule has 0 fully saturated rings. The highest BCUT2D eigenvalue weighted by molar-refractivity contribution is 5.71. The molecule has 0 saturated carbocycles. The number of carbonyl (C=O) groups is 3. The zero-order valence-electron chi connectivity index (χ0n) is 46.5. The molecule has 0 saturated heterocycles. The number of rotatable bonds is 55. The van der Waals surface area contributed by atoms with E-state index in [1.54, 1.807) is 0 Å². The van der Waals surface area contributed by atoms with E-state index in [-0.39, 0.29) is 31.1 Å². The van der Waals surface area contributed by atoms with Gasteiger partial charge in [0.2, 0.25) is 0 Å². The fourth-order valence-electron chi connectivity index (χ4n) is 8.64. The van der Waals surface area contributed by atoms with Gasteiger partial charge in [-0.05, 0) is 103 Å². The van der Waals surface area contributed by atoms with Crippen molar-refractivity contribution in [2.45, 2.75) is 316 Å². The van der Waals surface area contributed by atoms with E-state index in [4.69, 9.17) is 14.2 Å². The highest BCUT2D eigenvalue weighted by Crippen LogP contribution is 2.15. The number of hydrogen-bond acceptors (Lipinski definition) is 6. The number of allylic oxidation sites excluding steroid dienone is 10. The summed E-state index contributed by atoms with van der Waals surface area (Å²) in [6, 6.07) is 0. The summed E-state index contributed by atoms with van der Waals surface area (Å²) in [6.07, 6.45) is 73.5. The molecule has 0 aliphatic rings. The van der Waals surface area contributed by atoms with E-state index < -0.39 is 6.10 Å². The quantitative estimate of drug-likeness (QED) is 0.0199. The summed E-state index contributed by atoms with van der Waals surface area (Å²) in [5, 5.41) is 0. The maximum atomic E-state index is 12.9. The van der Waals surface area contributed by atoms with Gasteiger partial charge in [-0.25, -0.2) is 0 Å². The lowest BCUT2D eigenvalue weighted by Gasteiger charge is -2.18. The third-order valence-corrected chi connectivity index (χ3v) is 13.2. The fourth-order valence-corrected chi connectivity index (χ4v) is 8.64. The number of hydrogen-bond donors (Lipinski definition) is 0. The van der Waals surface area contributed by atoms with Gasteiger partial charge in [0.25, 0.3) is 0 Å². The predicted molar refractivity (Wildman–Crippen MR) is 302 cm³/mol. The third kappa shape index (κ3) is 56.0. The monoisotopic (exact) mass is 979 g/mol. The molecule has 0 N–H and O–H groups in total. The van der Waals surface area contributed by atoms with Gasteiger partial charge in [0, 0.05) is 19.3 Å². The first-order valence-electron chi connectivity index (χ1n) is 30.3. The van der Waals surface area contributed by atoms with Gasteiger partial charge in [0.15, 0.2) is 6.10 Å². The Bertz CT molecular complexity index is 1260. The van der Waals surface area contributed by atoms with E-state index in [2.05, 4.69) is 81.5 Å². The Balaban J connectivity index is 4.41. The summed E-state index contributed by atoms with van der Waals surface area (Å²) >= 11 is 0. The Kier molecular flexibility index (Phi) is 56.3. The van der Waals surface area contributed by atoms with Crippen LogP contribution in [0.2, 0.25) is 0 Å². The van der Waals surface area contributed by atoms with Crippen LogP contribution in [0.3, 0.4) is 0 Å². The van der Waals surface area contributed by atoms with Crippen LogP contribution in [-0.2, 0) is 28.6 Å². The fraction of sp³-hybridized carbons (Fsp3) is 0.797. The van der Waals surface area contributed by atoms with Crippen molar-refractivity contribution in [3.63, 3.8) is 0 Å². The topological polar surface area (TPSA) is 78.9 Å². The van der Waals surface area contributed by atoms with Crippen LogP contribution < -0.4 is 0 Å². The average molecular weight is 980 g/mol. The maximum absolute atomic E-state index is 12.9. The van der Waals surface area contributed by atoms with Gasteiger partial charge >= 0.3 is 17.9 Å². The number of ether oxygens (including phenoxy) is 3. The first-order valence-corrected chi connectivity index (χ1v) is 30.3. The molecule has 0 aliphatic heterocycles. The van der Waals surface area contributed by atoms with Crippen LogP contribution in [0, 0.1) is 0 Å². The third-order valence-electron chi connectivity index (χ3n) is 13.2. The Labute approximate surface area is 434 Å². The minimum Gasteiger partial charge on any atom is -0.462 e. The van der Waals surface area contributed by atoms with Crippen molar-refractivity contribution < 1.29 is 28.6 Å². The van der Waals surface area contributed by atoms with Crippen LogP contribution in [-0.4, -0.2) is 37.2 Å². The van der Waals surface area contributed by atoms with Gasteiger partial charge in [-0.1, -0.05) is 248 Å². The molecule has 0 heterocycles. The van der Waals surface area contributed by atoms with Crippen LogP contribution in [0.25, 0.3) is 0 Å². The first-order chi connectivity index (χ1) is 34.5. The molecular formula is C64H114O6. The predicted octanol–water partition coefficient (Wildman–Crippen LogP) is 20.4. The summed E-state index contributed by atoms with van der Waals surface area (Å²) in [4.78, 5) is 38.2. The molecule has 6 nitrogen and oxygen atoms in total. The van der Waals surface area contributed by atoms with Crippen LogP contribution in [0.5, 0.6) is 0 Å². The second kappa shape index (κ2) is 58.7. The molecule has 1 atom stereocenters. The molecule has 0 aliphatic carbocycles. The summed E-state index contributed by atoms with van der Waals surface area (Å²) in [5.74, 6) is -0.913. The smallest absolute Gasteiger partial charge is 0.306 e. The SMILES string of the molecule is CCCCC/C=C\C/C=C\CCCCCCCCCC(=O)OC(COC(=O)CCCCC/C=C\C=C/CCCCCCCCC)COC(=O)CCCCCCCCC/C=C\CCCCCCCCCC. The number of carbonyl (C=O) groups excluding carboxylic acids is 3. The van der Waals surface area contributed by atoms with Crippen molar-refractivity contribution in [3.8, 4) is 0 Å². The molecule has 0 aromatic carbocycles. The number of unbranched alkanes of at least 4 members (excludes halogenated alkanes) is 35. The van der Waals surface area contributed by atoms with Crippen LogP contribution in [0.4, 0.5) is 0 Å². The van der Waals surface area contributed by atoms with E-state index in [1.807, 2.05) is 0 Å². The molecule has 0 amide bonds. The van der Waals surface area contributed by atoms with E-state index >= 15 is 0 Å². The Hall–Kier alpha value is -2.89. The standard InChI is InChI=1S/C64H114O6/c1-4-7-10-13-16-19-22-25-28-31-32-34-36-39-42-45-48-51-54-57-63(66)69-60-61(59-68-62(65)56-53-50-47-44-41-38-35-30-27-24-21-18-15-12-9-6-3)70-64(67)58-55-52-49-46-43-40-37-33-29-26-23-20-17-14-11-8-5-2/h17,20,26,29-32,35,38,41,61H,4-16,18-19,21-25,27-28,33-34,36-37,39-40,42-60H2,1-3H3/b20-17-,29-26-,32-31-,35-30-,41-38-. The van der Waals surface area contributed by atoms with Crippen molar-refractivity contribution in [3.05, 3.63) is 60.8 Å². The lowest BCUT2D eigenvalue weighted by Crippen LogP contribution is -2.30. The van der Waals surface area contributed by atoms with E-state index in [1.165, 1.54) is 186 Å². The van der Waals surface area contributed by atoms with Crippen LogP contribution in [0.1, 0.15) is 310 Å². The summed E-state index contributed by atoms with van der Waals surface area (Å²) < 4.78 is 16.9. The Morgan fingerprint density at radius 2 is 0.557 bits per heavy atom. The lowest BCUT2D eigenvalue weighted by molar-refractivity contribution is -0.167. The zero-order chi connectivity index (χ0) is 50.7. The van der Waals surface area contributed by atoms with Crippen molar-refractivity contribution in [2.24, 2.45) is 0 Å². The highest BCUT2D eigenvalue weighted by Gasteiger charge is 2.19. The van der Waals surface area contributed by atoms with Crippen LogP contribution >= 0.6 is 0 Å². The van der Waals surface area contributed by atoms with Crippen molar-refractivity contribution in [1.29, 1.82) is 0 Å². The summed E-state index contributed by atoms with van der Waals surface area (Å²) in [5.41, 5.74) is 0. The molecule has 0 radical (unpaired) electrons.